The van der Waals surface area contributed by atoms with Gasteiger partial charge in [0, 0.05) is 30.3 Å². The number of carbonyl (C=O) groups excluding carboxylic acids is 2. The van der Waals surface area contributed by atoms with Gasteiger partial charge in [-0.3, -0.25) is 10.1 Å². The number of amides is 2. The summed E-state index contributed by atoms with van der Waals surface area (Å²) in [6.45, 7) is 7.48. The van der Waals surface area contributed by atoms with Crippen molar-refractivity contribution in [1.82, 2.24) is 4.98 Å². The van der Waals surface area contributed by atoms with Gasteiger partial charge in [-0.05, 0) is 103 Å². The summed E-state index contributed by atoms with van der Waals surface area (Å²) in [6.07, 6.45) is 1.52. The molecule has 2 amide bonds. The van der Waals surface area contributed by atoms with Crippen LogP contribution in [0.3, 0.4) is 0 Å². The van der Waals surface area contributed by atoms with Gasteiger partial charge in [0.15, 0.2) is 0 Å². The predicted octanol–water partition coefficient (Wildman–Crippen LogP) is 6.94. The first-order chi connectivity index (χ1) is 16.5. The fraction of sp³-hybridized carbons (Fsp3) is 0.222. The standard InChI is InChI=1S/C27H29BrN4O3/c1-18(19-8-6-9-21(16-19)30-26(34)35-27(2,3)4)17-32(5)22-14-12-20(13-15-22)29-25(33)23-10-7-11-24(28)31-23/h6-17H,1-5H3,(H,29,33)(H,30,34)/b18-17+. The Balaban J connectivity index is 1.66. The van der Waals surface area contributed by atoms with Crippen molar-refractivity contribution in [3.8, 4) is 0 Å². The molecule has 35 heavy (non-hydrogen) atoms. The first kappa shape index (κ1) is 26.0. The van der Waals surface area contributed by atoms with Gasteiger partial charge in [-0.15, -0.1) is 0 Å². The van der Waals surface area contributed by atoms with E-state index in [1.165, 1.54) is 0 Å². The summed E-state index contributed by atoms with van der Waals surface area (Å²) in [5, 5.41) is 5.62. The SMILES string of the molecule is C/C(=C\N(C)c1ccc(NC(=O)c2cccc(Br)n2)cc1)c1cccc(NC(=O)OC(C)(C)C)c1. The molecule has 2 N–H and O–H groups in total. The monoisotopic (exact) mass is 536 g/mol. The third kappa shape index (κ3) is 7.96. The Morgan fingerprint density at radius 2 is 1.66 bits per heavy atom. The summed E-state index contributed by atoms with van der Waals surface area (Å²) in [7, 11) is 1.95. The van der Waals surface area contributed by atoms with Gasteiger partial charge in [0.05, 0.1) is 0 Å². The summed E-state index contributed by atoms with van der Waals surface area (Å²) in [4.78, 5) is 30.6. The van der Waals surface area contributed by atoms with Crippen molar-refractivity contribution in [2.45, 2.75) is 33.3 Å². The summed E-state index contributed by atoms with van der Waals surface area (Å²) >= 11 is 3.28. The fourth-order valence-corrected chi connectivity index (χ4v) is 3.56. The molecule has 0 radical (unpaired) electrons. The van der Waals surface area contributed by atoms with E-state index in [-0.39, 0.29) is 5.91 Å². The number of allylic oxidation sites excluding steroid dienone is 1. The minimum absolute atomic E-state index is 0.275. The number of halogens is 1. The van der Waals surface area contributed by atoms with Crippen molar-refractivity contribution >= 4 is 50.6 Å². The number of ether oxygens (including phenoxy) is 1. The van der Waals surface area contributed by atoms with E-state index in [1.54, 1.807) is 18.2 Å². The van der Waals surface area contributed by atoms with Gasteiger partial charge in [-0.25, -0.2) is 9.78 Å². The normalized spacial score (nSPS) is 11.5. The van der Waals surface area contributed by atoms with Crippen LogP contribution in [0.4, 0.5) is 21.9 Å². The Hall–Kier alpha value is -3.65. The lowest BCUT2D eigenvalue weighted by molar-refractivity contribution is 0.0635. The molecule has 2 aromatic carbocycles. The van der Waals surface area contributed by atoms with Crippen molar-refractivity contribution < 1.29 is 14.3 Å². The molecular formula is C27H29BrN4O3. The van der Waals surface area contributed by atoms with Gasteiger partial charge in [0.1, 0.15) is 15.9 Å². The van der Waals surface area contributed by atoms with Crippen molar-refractivity contribution in [2.75, 3.05) is 22.6 Å². The first-order valence-electron chi connectivity index (χ1n) is 11.1. The molecule has 0 fully saturated rings. The maximum absolute atomic E-state index is 12.4. The number of nitrogens with one attached hydrogen (secondary N) is 2. The number of benzene rings is 2. The highest BCUT2D eigenvalue weighted by Crippen LogP contribution is 2.23. The van der Waals surface area contributed by atoms with Crippen LogP contribution in [-0.4, -0.2) is 29.6 Å². The highest BCUT2D eigenvalue weighted by Gasteiger charge is 2.16. The number of anilines is 3. The van der Waals surface area contributed by atoms with E-state index in [4.69, 9.17) is 4.74 Å². The maximum atomic E-state index is 12.4. The Labute approximate surface area is 214 Å². The average Bonchev–Trinajstić information content (AvgIpc) is 2.78. The van der Waals surface area contributed by atoms with Gasteiger partial charge in [-0.2, -0.15) is 0 Å². The maximum Gasteiger partial charge on any atom is 0.412 e. The fourth-order valence-electron chi connectivity index (χ4n) is 3.21. The Kier molecular flexibility index (Phi) is 8.30. The number of hydrogen-bond donors (Lipinski definition) is 2. The van der Waals surface area contributed by atoms with Gasteiger partial charge in [0.2, 0.25) is 0 Å². The van der Waals surface area contributed by atoms with E-state index in [1.807, 2.05) is 94.4 Å². The average molecular weight is 537 g/mol. The molecule has 0 aliphatic heterocycles. The minimum Gasteiger partial charge on any atom is -0.444 e. The summed E-state index contributed by atoms with van der Waals surface area (Å²) in [5.41, 5.74) is 4.04. The highest BCUT2D eigenvalue weighted by molar-refractivity contribution is 9.10. The molecule has 8 heteroatoms. The molecule has 0 saturated heterocycles. The molecule has 0 saturated carbocycles. The minimum atomic E-state index is -0.561. The molecule has 1 aromatic heterocycles. The van der Waals surface area contributed by atoms with Crippen molar-refractivity contribution in [2.24, 2.45) is 0 Å². The summed E-state index contributed by atoms with van der Waals surface area (Å²) < 4.78 is 5.93. The van der Waals surface area contributed by atoms with Crippen LogP contribution in [0.2, 0.25) is 0 Å². The third-order valence-electron chi connectivity index (χ3n) is 4.83. The highest BCUT2D eigenvalue weighted by atomic mass is 79.9. The van der Waals surface area contributed by atoms with E-state index in [0.29, 0.717) is 21.7 Å². The zero-order valence-corrected chi connectivity index (χ0v) is 22.0. The van der Waals surface area contributed by atoms with Crippen LogP contribution in [0.5, 0.6) is 0 Å². The van der Waals surface area contributed by atoms with E-state index in [0.717, 1.165) is 16.8 Å². The van der Waals surface area contributed by atoms with Gasteiger partial charge in [-0.1, -0.05) is 18.2 Å². The second kappa shape index (κ2) is 11.2. The third-order valence-corrected chi connectivity index (χ3v) is 5.27. The molecular weight excluding hydrogens is 508 g/mol. The van der Waals surface area contributed by atoms with Gasteiger partial charge >= 0.3 is 6.09 Å². The molecule has 3 rings (SSSR count). The summed E-state index contributed by atoms with van der Waals surface area (Å²) in [5.74, 6) is -0.275. The van der Waals surface area contributed by atoms with Crippen LogP contribution in [0.1, 0.15) is 43.7 Å². The molecule has 0 bridgehead atoms. The van der Waals surface area contributed by atoms with Crippen LogP contribution in [0.15, 0.2) is 77.5 Å². The lowest BCUT2D eigenvalue weighted by Gasteiger charge is -2.20. The van der Waals surface area contributed by atoms with Crippen LogP contribution < -0.4 is 15.5 Å². The summed E-state index contributed by atoms with van der Waals surface area (Å²) in [6, 6.07) is 20.3. The van der Waals surface area contributed by atoms with E-state index in [2.05, 4.69) is 31.5 Å². The van der Waals surface area contributed by atoms with E-state index < -0.39 is 11.7 Å². The van der Waals surface area contributed by atoms with Crippen molar-refractivity contribution in [3.63, 3.8) is 0 Å². The number of aromatic nitrogens is 1. The number of carbonyl (C=O) groups is 2. The quantitative estimate of drug-likeness (QED) is 0.333. The molecule has 0 unspecified atom stereocenters. The molecule has 0 spiro atoms. The van der Waals surface area contributed by atoms with Crippen LogP contribution in [-0.2, 0) is 4.74 Å². The lowest BCUT2D eigenvalue weighted by atomic mass is 10.1. The first-order valence-corrected chi connectivity index (χ1v) is 11.9. The topological polar surface area (TPSA) is 83.6 Å². The van der Waals surface area contributed by atoms with E-state index >= 15 is 0 Å². The van der Waals surface area contributed by atoms with Crippen LogP contribution in [0.25, 0.3) is 5.57 Å². The van der Waals surface area contributed by atoms with E-state index in [9.17, 15) is 9.59 Å². The number of nitrogens with zero attached hydrogens (tertiary/aromatic N) is 2. The molecule has 0 aliphatic rings. The zero-order chi connectivity index (χ0) is 25.6. The zero-order valence-electron chi connectivity index (χ0n) is 20.4. The number of hydrogen-bond acceptors (Lipinski definition) is 5. The van der Waals surface area contributed by atoms with Gasteiger partial charge < -0.3 is 15.0 Å². The smallest absolute Gasteiger partial charge is 0.412 e. The Morgan fingerprint density at radius 1 is 0.971 bits per heavy atom. The molecule has 3 aromatic rings. The number of rotatable bonds is 6. The number of pyridine rings is 1. The largest absolute Gasteiger partial charge is 0.444 e. The molecule has 1 heterocycles. The Morgan fingerprint density at radius 3 is 2.31 bits per heavy atom. The molecule has 0 aliphatic carbocycles. The predicted molar refractivity (Wildman–Crippen MR) is 145 cm³/mol. The molecule has 0 atom stereocenters. The van der Waals surface area contributed by atoms with Crippen LogP contribution in [0, 0.1) is 0 Å². The molecule has 7 nitrogen and oxygen atoms in total. The van der Waals surface area contributed by atoms with Crippen molar-refractivity contribution in [1.29, 1.82) is 0 Å². The second-order valence-corrected chi connectivity index (χ2v) is 9.79. The molecule has 182 valence electrons. The van der Waals surface area contributed by atoms with Crippen molar-refractivity contribution in [3.05, 3.63) is 88.8 Å². The van der Waals surface area contributed by atoms with Crippen LogP contribution >= 0.6 is 15.9 Å². The lowest BCUT2D eigenvalue weighted by Crippen LogP contribution is -2.27. The van der Waals surface area contributed by atoms with Gasteiger partial charge in [0.25, 0.3) is 5.91 Å². The Bertz CT molecular complexity index is 1230. The second-order valence-electron chi connectivity index (χ2n) is 8.98.